The number of carbonyl (C=O) groups is 1. The van der Waals surface area contributed by atoms with Gasteiger partial charge in [0.1, 0.15) is 18.5 Å². The summed E-state index contributed by atoms with van der Waals surface area (Å²) in [6.45, 7) is 0.890. The van der Waals surface area contributed by atoms with E-state index in [0.29, 0.717) is 29.5 Å². The summed E-state index contributed by atoms with van der Waals surface area (Å²) in [4.78, 5) is 19.5. The first-order valence-electron chi connectivity index (χ1n) is 11.5. The predicted octanol–water partition coefficient (Wildman–Crippen LogP) is 4.66. The number of aliphatic hydroxyl groups is 1. The van der Waals surface area contributed by atoms with Gasteiger partial charge in [-0.1, -0.05) is 35.9 Å². The maximum Gasteiger partial charge on any atom is 0.227 e. The highest BCUT2D eigenvalue weighted by molar-refractivity contribution is 6.30. The molecular formula is C27H26ClN3O4. The molecule has 1 amide bonds. The molecule has 0 spiro atoms. The van der Waals surface area contributed by atoms with Crippen molar-refractivity contribution in [3.8, 4) is 11.5 Å². The van der Waals surface area contributed by atoms with Gasteiger partial charge in [-0.2, -0.15) is 0 Å². The first-order valence-corrected chi connectivity index (χ1v) is 11.9. The zero-order valence-corrected chi connectivity index (χ0v) is 20.1. The molecule has 1 aliphatic rings. The second kappa shape index (κ2) is 9.98. The quantitative estimate of drug-likeness (QED) is 0.388. The van der Waals surface area contributed by atoms with E-state index >= 15 is 0 Å². The molecule has 0 bridgehead atoms. The van der Waals surface area contributed by atoms with Crippen molar-refractivity contribution in [3.63, 3.8) is 0 Å². The second-order valence-corrected chi connectivity index (χ2v) is 9.00. The highest BCUT2D eigenvalue weighted by atomic mass is 35.5. The second-order valence-electron chi connectivity index (χ2n) is 8.57. The van der Waals surface area contributed by atoms with Crippen molar-refractivity contribution < 1.29 is 19.4 Å². The van der Waals surface area contributed by atoms with Gasteiger partial charge in [-0.3, -0.25) is 4.79 Å². The van der Waals surface area contributed by atoms with Crippen molar-refractivity contribution in [3.05, 3.63) is 83.6 Å². The summed E-state index contributed by atoms with van der Waals surface area (Å²) >= 11 is 6.02. The molecule has 180 valence electrons. The van der Waals surface area contributed by atoms with Gasteiger partial charge in [-0.25, -0.2) is 4.98 Å². The Labute approximate surface area is 208 Å². The number of aromatic nitrogens is 2. The number of benzene rings is 3. The van der Waals surface area contributed by atoms with Crippen molar-refractivity contribution in [1.29, 1.82) is 0 Å². The lowest BCUT2D eigenvalue weighted by atomic mass is 10.1. The third kappa shape index (κ3) is 4.83. The van der Waals surface area contributed by atoms with Crippen LogP contribution in [0.1, 0.15) is 18.2 Å². The standard InChI is InChI=1S/C27H26ClN3O4/c1-34-24-8-4-5-9-25(24)35-17-21(32)16-31-23-7-3-2-6-22(23)29-27(31)18-14-26(33)30(15-18)20-12-10-19(28)11-13-20/h2-13,18,21,32H,14-17H2,1H3/t18-,21-/m0/s1. The minimum Gasteiger partial charge on any atom is -0.493 e. The van der Waals surface area contributed by atoms with Crippen LogP contribution >= 0.6 is 11.6 Å². The lowest BCUT2D eigenvalue weighted by molar-refractivity contribution is -0.117. The van der Waals surface area contributed by atoms with E-state index in [0.717, 1.165) is 22.5 Å². The number of anilines is 1. The van der Waals surface area contributed by atoms with Gasteiger partial charge in [0.25, 0.3) is 0 Å². The van der Waals surface area contributed by atoms with Crippen molar-refractivity contribution in [1.82, 2.24) is 9.55 Å². The van der Waals surface area contributed by atoms with E-state index in [4.69, 9.17) is 26.1 Å². The highest BCUT2D eigenvalue weighted by Crippen LogP contribution is 2.34. The molecule has 0 radical (unpaired) electrons. The maximum atomic E-state index is 12.9. The average Bonchev–Trinajstić information content (AvgIpc) is 3.44. The molecule has 5 rings (SSSR count). The summed E-state index contributed by atoms with van der Waals surface area (Å²) < 4.78 is 13.2. The number of fused-ring (bicyclic) bond motifs is 1. The fourth-order valence-electron chi connectivity index (χ4n) is 4.54. The zero-order chi connectivity index (χ0) is 24.4. The monoisotopic (exact) mass is 491 g/mol. The molecule has 2 atom stereocenters. The minimum absolute atomic E-state index is 0.0379. The largest absolute Gasteiger partial charge is 0.493 e. The van der Waals surface area contributed by atoms with Crippen LogP contribution < -0.4 is 14.4 Å². The summed E-state index contributed by atoms with van der Waals surface area (Å²) in [7, 11) is 1.58. The number of aliphatic hydroxyl groups excluding tert-OH is 1. The van der Waals surface area contributed by atoms with Crippen LogP contribution in [0.3, 0.4) is 0 Å². The van der Waals surface area contributed by atoms with Crippen molar-refractivity contribution >= 4 is 34.2 Å². The zero-order valence-electron chi connectivity index (χ0n) is 19.3. The number of nitrogens with zero attached hydrogens (tertiary/aromatic N) is 3. The number of amides is 1. The smallest absolute Gasteiger partial charge is 0.227 e. The molecule has 35 heavy (non-hydrogen) atoms. The van der Waals surface area contributed by atoms with Gasteiger partial charge in [0.2, 0.25) is 5.91 Å². The number of carbonyl (C=O) groups excluding carboxylic acids is 1. The van der Waals surface area contributed by atoms with Crippen LogP contribution in [0.25, 0.3) is 11.0 Å². The first kappa shape index (κ1) is 23.2. The number of hydrogen-bond acceptors (Lipinski definition) is 5. The third-order valence-electron chi connectivity index (χ3n) is 6.21. The lowest BCUT2D eigenvalue weighted by Crippen LogP contribution is -2.26. The van der Waals surface area contributed by atoms with Crippen LogP contribution in [0.2, 0.25) is 5.02 Å². The Bertz CT molecular complexity index is 1340. The Morgan fingerprint density at radius 1 is 1.06 bits per heavy atom. The van der Waals surface area contributed by atoms with Crippen molar-refractivity contribution in [2.45, 2.75) is 25.0 Å². The summed E-state index contributed by atoms with van der Waals surface area (Å²) in [6, 6.07) is 22.4. The molecule has 3 aromatic carbocycles. The van der Waals surface area contributed by atoms with E-state index in [1.54, 1.807) is 30.2 Å². The average molecular weight is 492 g/mol. The van der Waals surface area contributed by atoms with E-state index < -0.39 is 6.10 Å². The third-order valence-corrected chi connectivity index (χ3v) is 6.46. The number of hydrogen-bond donors (Lipinski definition) is 1. The van der Waals surface area contributed by atoms with Crippen LogP contribution in [0, 0.1) is 0 Å². The molecule has 8 heteroatoms. The number of methoxy groups -OCH3 is 1. The summed E-state index contributed by atoms with van der Waals surface area (Å²) in [5.74, 6) is 1.90. The molecule has 0 aliphatic carbocycles. The fourth-order valence-corrected chi connectivity index (χ4v) is 4.66. The Morgan fingerprint density at radius 2 is 1.77 bits per heavy atom. The summed E-state index contributed by atoms with van der Waals surface area (Å²) in [6.07, 6.45) is -0.444. The van der Waals surface area contributed by atoms with Crippen LogP contribution in [0.5, 0.6) is 11.5 Å². The molecule has 0 saturated carbocycles. The SMILES string of the molecule is COc1ccccc1OC[C@@H](O)Cn1c([C@H]2CC(=O)N(c3ccc(Cl)cc3)C2)nc2ccccc21. The van der Waals surface area contributed by atoms with E-state index in [9.17, 15) is 9.90 Å². The molecule has 4 aromatic rings. The maximum absolute atomic E-state index is 12.9. The Kier molecular flexibility index (Phi) is 6.61. The minimum atomic E-state index is -0.791. The molecule has 0 unspecified atom stereocenters. The van der Waals surface area contributed by atoms with E-state index in [2.05, 4.69) is 0 Å². The lowest BCUT2D eigenvalue weighted by Gasteiger charge is -2.19. The van der Waals surface area contributed by atoms with Gasteiger partial charge in [0.15, 0.2) is 11.5 Å². The molecule has 1 aromatic heterocycles. The topological polar surface area (TPSA) is 76.8 Å². The van der Waals surface area contributed by atoms with Gasteiger partial charge in [-0.15, -0.1) is 0 Å². The van der Waals surface area contributed by atoms with Gasteiger partial charge >= 0.3 is 0 Å². The van der Waals surface area contributed by atoms with Gasteiger partial charge in [0, 0.05) is 29.6 Å². The molecule has 1 fully saturated rings. The van der Waals surface area contributed by atoms with E-state index in [1.165, 1.54) is 0 Å². The molecule has 2 heterocycles. The van der Waals surface area contributed by atoms with E-state index in [-0.39, 0.29) is 25.0 Å². The normalized spacial score (nSPS) is 16.6. The molecule has 1 N–H and O–H groups in total. The highest BCUT2D eigenvalue weighted by Gasteiger charge is 2.35. The van der Waals surface area contributed by atoms with Gasteiger partial charge in [0.05, 0.1) is 24.7 Å². The van der Waals surface area contributed by atoms with Gasteiger partial charge in [-0.05, 0) is 48.5 Å². The first-order chi connectivity index (χ1) is 17.0. The summed E-state index contributed by atoms with van der Waals surface area (Å²) in [5.41, 5.74) is 2.56. The number of ether oxygens (including phenoxy) is 2. The number of para-hydroxylation sites is 4. The molecular weight excluding hydrogens is 466 g/mol. The molecule has 1 saturated heterocycles. The van der Waals surface area contributed by atoms with Crippen molar-refractivity contribution in [2.75, 3.05) is 25.2 Å². The Balaban J connectivity index is 1.37. The van der Waals surface area contributed by atoms with E-state index in [1.807, 2.05) is 59.2 Å². The Morgan fingerprint density at radius 3 is 2.54 bits per heavy atom. The van der Waals surface area contributed by atoms with Gasteiger partial charge < -0.3 is 24.0 Å². The number of halogens is 1. The predicted molar refractivity (Wildman–Crippen MR) is 135 cm³/mol. The number of imidazole rings is 1. The van der Waals surface area contributed by atoms with Crippen LogP contribution in [-0.4, -0.2) is 46.9 Å². The van der Waals surface area contributed by atoms with Crippen molar-refractivity contribution in [2.24, 2.45) is 0 Å². The molecule has 7 nitrogen and oxygen atoms in total. The van der Waals surface area contributed by atoms with Crippen LogP contribution in [0.4, 0.5) is 5.69 Å². The van der Waals surface area contributed by atoms with Crippen LogP contribution in [0.15, 0.2) is 72.8 Å². The summed E-state index contributed by atoms with van der Waals surface area (Å²) in [5, 5.41) is 11.5. The number of rotatable bonds is 8. The Hall–Kier alpha value is -3.55. The fraction of sp³-hybridized carbons (Fsp3) is 0.259. The molecule has 1 aliphatic heterocycles. The van der Waals surface area contributed by atoms with Crippen LogP contribution in [-0.2, 0) is 11.3 Å².